The van der Waals surface area contributed by atoms with Crippen LogP contribution in [0, 0.1) is 6.92 Å². The first kappa shape index (κ1) is 15.7. The van der Waals surface area contributed by atoms with Gasteiger partial charge >= 0.3 is 5.97 Å². The highest BCUT2D eigenvalue weighted by Crippen LogP contribution is 2.22. The van der Waals surface area contributed by atoms with Gasteiger partial charge in [0.05, 0.1) is 25.5 Å². The minimum Gasteiger partial charge on any atom is -0.497 e. The Morgan fingerprint density at radius 1 is 1.23 bits per heavy atom. The molecule has 1 aromatic heterocycles. The summed E-state index contributed by atoms with van der Waals surface area (Å²) >= 11 is 0. The number of aromatic nitrogens is 1. The second-order valence-corrected chi connectivity index (χ2v) is 4.90. The summed E-state index contributed by atoms with van der Waals surface area (Å²) in [6.07, 6.45) is 3.22. The number of carbonyl (C=O) groups is 1. The third-order valence-corrected chi connectivity index (χ3v) is 3.50. The molecule has 0 atom stereocenters. The number of nitrogens with two attached hydrogens (primary N) is 1. The van der Waals surface area contributed by atoms with Crippen LogP contribution in [0.2, 0.25) is 0 Å². The van der Waals surface area contributed by atoms with Crippen LogP contribution in [-0.4, -0.2) is 24.8 Å². The molecule has 0 aliphatic carbocycles. The van der Waals surface area contributed by atoms with Gasteiger partial charge in [0.1, 0.15) is 5.75 Å². The van der Waals surface area contributed by atoms with Gasteiger partial charge in [-0.15, -0.1) is 0 Å². The van der Waals surface area contributed by atoms with Crippen LogP contribution in [0.5, 0.6) is 5.75 Å². The second kappa shape index (κ2) is 6.85. The van der Waals surface area contributed by atoms with Gasteiger partial charge in [0.2, 0.25) is 0 Å². The lowest BCUT2D eigenvalue weighted by atomic mass is 10.1. The van der Waals surface area contributed by atoms with Crippen molar-refractivity contribution in [2.75, 3.05) is 14.2 Å². The van der Waals surface area contributed by atoms with Gasteiger partial charge in [-0.2, -0.15) is 0 Å². The first-order chi connectivity index (χ1) is 10.6. The van der Waals surface area contributed by atoms with Crippen LogP contribution in [0.25, 0.3) is 5.57 Å². The van der Waals surface area contributed by atoms with E-state index >= 15 is 0 Å². The molecule has 2 rings (SSSR count). The third kappa shape index (κ3) is 3.14. The van der Waals surface area contributed by atoms with Crippen LogP contribution in [0.15, 0.2) is 42.7 Å². The monoisotopic (exact) mass is 300 g/mol. The standard InChI is InChI=1S/C17H20N2O3/c1-12-8-9-19(16(12)15(10-18)17(20)22-3)11-13-4-6-14(21-2)7-5-13/h4-10H,11,18H2,1-3H3/b15-10-. The molecule has 0 fully saturated rings. The minimum absolute atomic E-state index is 0.360. The molecule has 2 N–H and O–H groups in total. The molecule has 5 nitrogen and oxygen atoms in total. The molecule has 0 saturated heterocycles. The fourth-order valence-electron chi connectivity index (χ4n) is 2.36. The van der Waals surface area contributed by atoms with E-state index in [9.17, 15) is 4.79 Å². The lowest BCUT2D eigenvalue weighted by Gasteiger charge is -2.12. The molecule has 2 aromatic rings. The number of nitrogens with zero attached hydrogens (tertiary/aromatic N) is 1. The average molecular weight is 300 g/mol. The van der Waals surface area contributed by atoms with E-state index in [0.29, 0.717) is 12.1 Å². The summed E-state index contributed by atoms with van der Waals surface area (Å²) in [5.74, 6) is 0.366. The lowest BCUT2D eigenvalue weighted by Crippen LogP contribution is -2.12. The molecule has 5 heteroatoms. The van der Waals surface area contributed by atoms with Crippen molar-refractivity contribution in [3.05, 3.63) is 59.5 Å². The fourth-order valence-corrected chi connectivity index (χ4v) is 2.36. The van der Waals surface area contributed by atoms with E-state index in [1.165, 1.54) is 13.3 Å². The topological polar surface area (TPSA) is 66.5 Å². The summed E-state index contributed by atoms with van der Waals surface area (Å²) in [5, 5.41) is 0. The summed E-state index contributed by atoms with van der Waals surface area (Å²) < 4.78 is 11.9. The van der Waals surface area contributed by atoms with Crippen molar-refractivity contribution in [3.8, 4) is 5.75 Å². The van der Waals surface area contributed by atoms with E-state index in [0.717, 1.165) is 22.6 Å². The van der Waals surface area contributed by atoms with Crippen molar-refractivity contribution < 1.29 is 14.3 Å². The van der Waals surface area contributed by atoms with Gasteiger partial charge in [-0.05, 0) is 36.2 Å². The van der Waals surface area contributed by atoms with Crippen LogP contribution in [-0.2, 0) is 16.1 Å². The number of rotatable bonds is 5. The van der Waals surface area contributed by atoms with Crippen molar-refractivity contribution in [1.82, 2.24) is 4.57 Å². The summed E-state index contributed by atoms with van der Waals surface area (Å²) in [7, 11) is 2.98. The van der Waals surface area contributed by atoms with Gasteiger partial charge in [0.15, 0.2) is 0 Å². The van der Waals surface area contributed by atoms with Gasteiger partial charge in [0.25, 0.3) is 0 Å². The Balaban J connectivity index is 2.34. The summed E-state index contributed by atoms with van der Waals surface area (Å²) in [5.41, 5.74) is 8.81. The number of esters is 1. The highest BCUT2D eigenvalue weighted by Gasteiger charge is 2.18. The number of carbonyl (C=O) groups excluding carboxylic acids is 1. The van der Waals surface area contributed by atoms with Crippen molar-refractivity contribution in [3.63, 3.8) is 0 Å². The smallest absolute Gasteiger partial charge is 0.341 e. The zero-order valence-corrected chi connectivity index (χ0v) is 13.0. The van der Waals surface area contributed by atoms with Crippen molar-refractivity contribution in [1.29, 1.82) is 0 Å². The summed E-state index contributed by atoms with van der Waals surface area (Å²) in [6, 6.07) is 9.74. The second-order valence-electron chi connectivity index (χ2n) is 4.90. The van der Waals surface area contributed by atoms with Crippen LogP contribution in [0.1, 0.15) is 16.8 Å². The highest BCUT2D eigenvalue weighted by atomic mass is 16.5. The number of hydrogen-bond acceptors (Lipinski definition) is 4. The SMILES string of the molecule is COC(=O)/C(=C\N)c1c(C)ccn1Cc1ccc(OC)cc1. The van der Waals surface area contributed by atoms with Crippen LogP contribution in [0.4, 0.5) is 0 Å². The molecule has 1 aromatic carbocycles. The maximum Gasteiger partial charge on any atom is 0.341 e. The number of aryl methyl sites for hydroxylation is 1. The van der Waals surface area contributed by atoms with Gasteiger partial charge in [-0.1, -0.05) is 12.1 Å². The normalized spacial score (nSPS) is 11.3. The van der Waals surface area contributed by atoms with Gasteiger partial charge in [-0.3, -0.25) is 0 Å². The Morgan fingerprint density at radius 3 is 2.45 bits per heavy atom. The Morgan fingerprint density at radius 2 is 1.91 bits per heavy atom. The molecular formula is C17H20N2O3. The van der Waals surface area contributed by atoms with Crippen LogP contribution >= 0.6 is 0 Å². The Kier molecular flexibility index (Phi) is 4.88. The Hall–Kier alpha value is -2.69. The van der Waals surface area contributed by atoms with E-state index in [2.05, 4.69) is 0 Å². The highest BCUT2D eigenvalue weighted by molar-refractivity contribution is 6.16. The molecule has 0 bridgehead atoms. The molecule has 0 aliphatic rings. The zero-order valence-electron chi connectivity index (χ0n) is 13.0. The summed E-state index contributed by atoms with van der Waals surface area (Å²) in [6.45, 7) is 2.56. The molecule has 116 valence electrons. The first-order valence-electron chi connectivity index (χ1n) is 6.90. The number of methoxy groups -OCH3 is 2. The molecule has 0 radical (unpaired) electrons. The van der Waals surface area contributed by atoms with Crippen molar-refractivity contribution >= 4 is 11.5 Å². The fraction of sp³-hybridized carbons (Fsp3) is 0.235. The third-order valence-electron chi connectivity index (χ3n) is 3.50. The van der Waals surface area contributed by atoms with Gasteiger partial charge in [0, 0.05) is 18.9 Å². The van der Waals surface area contributed by atoms with E-state index in [4.69, 9.17) is 15.2 Å². The number of ether oxygens (including phenoxy) is 2. The molecule has 0 amide bonds. The number of benzene rings is 1. The molecule has 1 heterocycles. The summed E-state index contributed by atoms with van der Waals surface area (Å²) in [4.78, 5) is 11.9. The minimum atomic E-state index is -0.444. The lowest BCUT2D eigenvalue weighted by molar-refractivity contribution is -0.133. The Labute approximate surface area is 130 Å². The molecule has 0 unspecified atom stereocenters. The van der Waals surface area contributed by atoms with Crippen LogP contribution in [0.3, 0.4) is 0 Å². The number of hydrogen-bond donors (Lipinski definition) is 1. The average Bonchev–Trinajstić information content (AvgIpc) is 2.90. The molecule has 0 saturated carbocycles. The van der Waals surface area contributed by atoms with Crippen LogP contribution < -0.4 is 10.5 Å². The zero-order chi connectivity index (χ0) is 16.1. The molecular weight excluding hydrogens is 280 g/mol. The predicted molar refractivity (Wildman–Crippen MR) is 85.4 cm³/mol. The quantitative estimate of drug-likeness (QED) is 0.680. The predicted octanol–water partition coefficient (Wildman–Crippen LogP) is 2.33. The maximum absolute atomic E-state index is 11.9. The van der Waals surface area contributed by atoms with Gasteiger partial charge in [-0.25, -0.2) is 4.79 Å². The van der Waals surface area contributed by atoms with E-state index in [-0.39, 0.29) is 0 Å². The molecule has 0 aliphatic heterocycles. The largest absolute Gasteiger partial charge is 0.497 e. The van der Waals surface area contributed by atoms with E-state index in [1.54, 1.807) is 7.11 Å². The van der Waals surface area contributed by atoms with E-state index < -0.39 is 5.97 Å². The Bertz CT molecular complexity index is 684. The van der Waals surface area contributed by atoms with Crippen molar-refractivity contribution in [2.24, 2.45) is 5.73 Å². The van der Waals surface area contributed by atoms with Crippen molar-refractivity contribution in [2.45, 2.75) is 13.5 Å². The van der Waals surface area contributed by atoms with E-state index in [1.807, 2.05) is 48.0 Å². The van der Waals surface area contributed by atoms with Gasteiger partial charge < -0.3 is 19.8 Å². The molecule has 22 heavy (non-hydrogen) atoms. The maximum atomic E-state index is 11.9. The molecule has 0 spiro atoms. The first-order valence-corrected chi connectivity index (χ1v) is 6.90.